The number of hydrogen-bond acceptors (Lipinski definition) is 2. The summed E-state index contributed by atoms with van der Waals surface area (Å²) in [6, 6.07) is 5.14. The first-order valence-corrected chi connectivity index (χ1v) is 7.78. The first kappa shape index (κ1) is 14.5. The van der Waals surface area contributed by atoms with Gasteiger partial charge in [0.2, 0.25) is 0 Å². The van der Waals surface area contributed by atoms with Crippen LogP contribution in [0, 0.1) is 0 Å². The van der Waals surface area contributed by atoms with Crippen LogP contribution >= 0.6 is 11.6 Å². The standard InChI is InChI=1S/C13H20ClNOS/c1-2-3-4-5-6-9-17(16)13-10-11(14)7-8-12(13)15/h7-8,10H,2-6,9,15H2,1H3. The molecule has 0 saturated heterocycles. The zero-order chi connectivity index (χ0) is 12.7. The highest BCUT2D eigenvalue weighted by molar-refractivity contribution is 7.85. The number of nitrogens with two attached hydrogens (primary N) is 1. The van der Waals surface area contributed by atoms with Gasteiger partial charge in [-0.15, -0.1) is 0 Å². The molecule has 17 heavy (non-hydrogen) atoms. The molecule has 1 aromatic rings. The Morgan fingerprint density at radius 2 is 1.94 bits per heavy atom. The van der Waals surface area contributed by atoms with Crippen molar-refractivity contribution < 1.29 is 4.21 Å². The molecule has 0 radical (unpaired) electrons. The molecule has 0 aliphatic rings. The van der Waals surface area contributed by atoms with Crippen molar-refractivity contribution in [2.75, 3.05) is 11.5 Å². The van der Waals surface area contributed by atoms with Crippen LogP contribution in [0.5, 0.6) is 0 Å². The molecule has 0 spiro atoms. The lowest BCUT2D eigenvalue weighted by molar-refractivity contribution is 0.647. The zero-order valence-corrected chi connectivity index (χ0v) is 11.8. The number of nitrogen functional groups attached to an aromatic ring is 1. The minimum Gasteiger partial charge on any atom is -0.398 e. The summed E-state index contributed by atoms with van der Waals surface area (Å²) < 4.78 is 12.0. The minimum atomic E-state index is -1.02. The summed E-state index contributed by atoms with van der Waals surface area (Å²) in [6.45, 7) is 2.19. The van der Waals surface area contributed by atoms with Crippen LogP contribution in [0.4, 0.5) is 5.69 Å². The van der Waals surface area contributed by atoms with Gasteiger partial charge in [0.05, 0.1) is 15.7 Å². The fourth-order valence-electron chi connectivity index (χ4n) is 1.65. The highest BCUT2D eigenvalue weighted by atomic mass is 35.5. The van der Waals surface area contributed by atoms with Crippen LogP contribution in [-0.2, 0) is 10.8 Å². The molecule has 0 heterocycles. The van der Waals surface area contributed by atoms with E-state index in [4.69, 9.17) is 17.3 Å². The van der Waals surface area contributed by atoms with E-state index in [-0.39, 0.29) is 0 Å². The van der Waals surface area contributed by atoms with E-state index in [1.807, 2.05) is 0 Å². The van der Waals surface area contributed by atoms with E-state index in [1.165, 1.54) is 19.3 Å². The SMILES string of the molecule is CCCCCCCS(=O)c1cc(Cl)ccc1N. The molecular weight excluding hydrogens is 254 g/mol. The summed E-state index contributed by atoms with van der Waals surface area (Å²) in [5.74, 6) is 0.675. The fraction of sp³-hybridized carbons (Fsp3) is 0.538. The van der Waals surface area contributed by atoms with Crippen molar-refractivity contribution in [1.82, 2.24) is 0 Å². The third kappa shape index (κ3) is 5.09. The average molecular weight is 274 g/mol. The van der Waals surface area contributed by atoms with Gasteiger partial charge in [0, 0.05) is 16.5 Å². The van der Waals surface area contributed by atoms with Crippen LogP contribution in [-0.4, -0.2) is 9.96 Å². The van der Waals surface area contributed by atoms with Crippen LogP contribution in [0.3, 0.4) is 0 Å². The third-order valence-electron chi connectivity index (χ3n) is 2.65. The summed E-state index contributed by atoms with van der Waals surface area (Å²) in [4.78, 5) is 0.674. The molecule has 0 aliphatic heterocycles. The number of rotatable bonds is 7. The van der Waals surface area contributed by atoms with Crippen LogP contribution in [0.25, 0.3) is 0 Å². The predicted molar refractivity (Wildman–Crippen MR) is 75.9 cm³/mol. The fourth-order valence-corrected chi connectivity index (χ4v) is 3.16. The Morgan fingerprint density at radius 3 is 2.65 bits per heavy atom. The number of benzene rings is 1. The molecule has 0 fully saturated rings. The number of halogens is 1. The van der Waals surface area contributed by atoms with Crippen molar-refractivity contribution in [1.29, 1.82) is 0 Å². The highest BCUT2D eigenvalue weighted by Crippen LogP contribution is 2.22. The smallest absolute Gasteiger partial charge is 0.0632 e. The van der Waals surface area contributed by atoms with E-state index in [1.54, 1.807) is 18.2 Å². The first-order valence-electron chi connectivity index (χ1n) is 6.08. The van der Waals surface area contributed by atoms with Gasteiger partial charge in [-0.3, -0.25) is 4.21 Å². The molecule has 0 amide bonds. The Labute approximate surface area is 111 Å². The normalized spacial score (nSPS) is 12.6. The van der Waals surface area contributed by atoms with Crippen molar-refractivity contribution in [3.05, 3.63) is 23.2 Å². The number of anilines is 1. The molecule has 2 nitrogen and oxygen atoms in total. The van der Waals surface area contributed by atoms with E-state index >= 15 is 0 Å². The second kappa shape index (κ2) is 7.72. The van der Waals surface area contributed by atoms with Gasteiger partial charge in [0.25, 0.3) is 0 Å². The Morgan fingerprint density at radius 1 is 1.24 bits per heavy atom. The molecule has 0 bridgehead atoms. The second-order valence-electron chi connectivity index (χ2n) is 4.15. The van der Waals surface area contributed by atoms with E-state index in [0.29, 0.717) is 21.4 Å². The minimum absolute atomic E-state index is 0.571. The summed E-state index contributed by atoms with van der Waals surface area (Å²) in [6.07, 6.45) is 5.83. The van der Waals surface area contributed by atoms with E-state index in [2.05, 4.69) is 6.92 Å². The summed E-state index contributed by atoms with van der Waals surface area (Å²) >= 11 is 5.87. The molecule has 1 rings (SSSR count). The van der Waals surface area contributed by atoms with Crippen molar-refractivity contribution in [2.24, 2.45) is 0 Å². The predicted octanol–water partition coefficient (Wildman–Crippen LogP) is 4.00. The number of hydrogen-bond donors (Lipinski definition) is 1. The Bertz CT molecular complexity index is 382. The van der Waals surface area contributed by atoms with E-state index in [9.17, 15) is 4.21 Å². The largest absolute Gasteiger partial charge is 0.398 e. The monoisotopic (exact) mass is 273 g/mol. The molecule has 1 unspecified atom stereocenters. The van der Waals surface area contributed by atoms with Crippen LogP contribution in [0.2, 0.25) is 5.02 Å². The summed E-state index contributed by atoms with van der Waals surface area (Å²) in [7, 11) is -1.02. The lowest BCUT2D eigenvalue weighted by Gasteiger charge is -2.06. The Hall–Kier alpha value is -0.540. The number of unbranched alkanes of at least 4 members (excludes halogenated alkanes) is 4. The van der Waals surface area contributed by atoms with Crippen LogP contribution < -0.4 is 5.73 Å². The highest BCUT2D eigenvalue weighted by Gasteiger charge is 2.08. The van der Waals surface area contributed by atoms with Crippen LogP contribution in [0.1, 0.15) is 39.0 Å². The Balaban J connectivity index is 2.44. The maximum absolute atomic E-state index is 12.0. The molecule has 0 saturated carbocycles. The molecule has 4 heteroatoms. The van der Waals surface area contributed by atoms with E-state index < -0.39 is 10.8 Å². The van der Waals surface area contributed by atoms with Gasteiger partial charge >= 0.3 is 0 Å². The molecular formula is C13H20ClNOS. The van der Waals surface area contributed by atoms with E-state index in [0.717, 1.165) is 12.8 Å². The summed E-state index contributed by atoms with van der Waals surface area (Å²) in [5, 5.41) is 0.591. The molecule has 1 atom stereocenters. The van der Waals surface area contributed by atoms with Gasteiger partial charge in [-0.2, -0.15) is 0 Å². The lowest BCUT2D eigenvalue weighted by atomic mass is 10.2. The molecule has 0 aromatic heterocycles. The van der Waals surface area contributed by atoms with Crippen molar-refractivity contribution in [2.45, 2.75) is 43.9 Å². The quantitative estimate of drug-likeness (QED) is 0.603. The van der Waals surface area contributed by atoms with Gasteiger partial charge in [-0.1, -0.05) is 44.2 Å². The van der Waals surface area contributed by atoms with Crippen molar-refractivity contribution >= 4 is 28.1 Å². The first-order chi connectivity index (χ1) is 8.15. The van der Waals surface area contributed by atoms with Crippen molar-refractivity contribution in [3.8, 4) is 0 Å². The summed E-state index contributed by atoms with van der Waals surface area (Å²) in [5.41, 5.74) is 6.36. The molecule has 0 aliphatic carbocycles. The Kier molecular flexibility index (Phi) is 6.60. The topological polar surface area (TPSA) is 43.1 Å². The molecule has 2 N–H and O–H groups in total. The van der Waals surface area contributed by atoms with Gasteiger partial charge in [0.15, 0.2) is 0 Å². The lowest BCUT2D eigenvalue weighted by Crippen LogP contribution is -2.02. The zero-order valence-electron chi connectivity index (χ0n) is 10.2. The van der Waals surface area contributed by atoms with Gasteiger partial charge in [-0.25, -0.2) is 0 Å². The second-order valence-corrected chi connectivity index (χ2v) is 6.12. The maximum atomic E-state index is 12.0. The van der Waals surface area contributed by atoms with Gasteiger partial charge in [0.1, 0.15) is 0 Å². The van der Waals surface area contributed by atoms with Crippen molar-refractivity contribution in [3.63, 3.8) is 0 Å². The third-order valence-corrected chi connectivity index (χ3v) is 4.39. The van der Waals surface area contributed by atoms with Crippen LogP contribution in [0.15, 0.2) is 23.1 Å². The van der Waals surface area contributed by atoms with Gasteiger partial charge < -0.3 is 5.73 Å². The maximum Gasteiger partial charge on any atom is 0.0632 e. The molecule has 96 valence electrons. The average Bonchev–Trinajstić information content (AvgIpc) is 2.32. The van der Waals surface area contributed by atoms with Gasteiger partial charge in [-0.05, 0) is 24.6 Å². The molecule has 1 aromatic carbocycles.